The summed E-state index contributed by atoms with van der Waals surface area (Å²) in [6.07, 6.45) is 2.31. The van der Waals surface area contributed by atoms with Crippen molar-refractivity contribution in [2.45, 2.75) is 19.8 Å². The van der Waals surface area contributed by atoms with Gasteiger partial charge in [0.1, 0.15) is 0 Å². The van der Waals surface area contributed by atoms with Gasteiger partial charge in [-0.2, -0.15) is 11.8 Å². The van der Waals surface area contributed by atoms with Crippen LogP contribution in [0.25, 0.3) is 10.2 Å². The van der Waals surface area contributed by atoms with Gasteiger partial charge < -0.3 is 4.98 Å². The molecule has 0 atom stereocenters. The van der Waals surface area contributed by atoms with Crippen LogP contribution >= 0.6 is 23.1 Å². The second kappa shape index (κ2) is 6.20. The van der Waals surface area contributed by atoms with E-state index in [2.05, 4.69) is 11.9 Å². The lowest BCUT2D eigenvalue weighted by atomic mass is 10.1. The van der Waals surface area contributed by atoms with Gasteiger partial charge in [-0.3, -0.25) is 9.59 Å². The molecule has 0 fully saturated rings. The highest BCUT2D eigenvalue weighted by molar-refractivity contribution is 7.99. The van der Waals surface area contributed by atoms with Crippen molar-refractivity contribution >= 4 is 39.1 Å². The molecule has 0 saturated heterocycles. The summed E-state index contributed by atoms with van der Waals surface area (Å²) >= 11 is 2.82. The lowest BCUT2D eigenvalue weighted by Crippen LogP contribution is -2.02. The first-order valence-electron chi connectivity index (χ1n) is 5.94. The zero-order valence-electron chi connectivity index (χ0n) is 10.2. The summed E-state index contributed by atoms with van der Waals surface area (Å²) in [6, 6.07) is 5.39. The Hall–Kier alpha value is -1.07. The molecule has 0 aliphatic carbocycles. The van der Waals surface area contributed by atoms with Crippen LogP contribution < -0.4 is 4.87 Å². The van der Waals surface area contributed by atoms with Crippen LogP contribution in [0.1, 0.15) is 30.1 Å². The van der Waals surface area contributed by atoms with Crippen molar-refractivity contribution in [1.82, 2.24) is 4.98 Å². The van der Waals surface area contributed by atoms with E-state index >= 15 is 0 Å². The van der Waals surface area contributed by atoms with Gasteiger partial charge in [0.15, 0.2) is 5.78 Å². The number of rotatable bonds is 6. The molecule has 2 aromatic rings. The van der Waals surface area contributed by atoms with Crippen molar-refractivity contribution in [1.29, 1.82) is 0 Å². The number of thioether (sulfide) groups is 1. The standard InChI is InChI=1S/C13H15NO2S2/c1-2-3-6-17-8-11(15)9-4-5-10-12(7-9)18-13(16)14-10/h4-5,7H,2-3,6,8H2,1H3,(H,14,16). The number of carbonyl (C=O) groups excluding carboxylic acids is 1. The predicted molar refractivity (Wildman–Crippen MR) is 79.0 cm³/mol. The Bertz CT molecular complexity index is 600. The number of benzene rings is 1. The maximum atomic E-state index is 12.0. The summed E-state index contributed by atoms with van der Waals surface area (Å²) in [5.74, 6) is 1.69. The van der Waals surface area contributed by atoms with Crippen molar-refractivity contribution in [3.05, 3.63) is 33.4 Å². The summed E-state index contributed by atoms with van der Waals surface area (Å²) in [4.78, 5) is 25.8. The van der Waals surface area contributed by atoms with E-state index in [9.17, 15) is 9.59 Å². The highest BCUT2D eigenvalue weighted by Crippen LogP contribution is 2.18. The number of H-pyrrole nitrogens is 1. The Morgan fingerprint density at radius 3 is 3.06 bits per heavy atom. The molecule has 1 heterocycles. The summed E-state index contributed by atoms with van der Waals surface area (Å²) < 4.78 is 0.851. The SMILES string of the molecule is CCCCSCC(=O)c1ccc2[nH]c(=O)sc2c1. The molecule has 96 valence electrons. The Balaban J connectivity index is 2.05. The molecule has 18 heavy (non-hydrogen) atoms. The van der Waals surface area contributed by atoms with Gasteiger partial charge in [0.2, 0.25) is 0 Å². The van der Waals surface area contributed by atoms with Crippen LogP contribution in [0.4, 0.5) is 0 Å². The van der Waals surface area contributed by atoms with Crippen LogP contribution in [0.3, 0.4) is 0 Å². The number of unbranched alkanes of at least 4 members (excludes halogenated alkanes) is 1. The number of hydrogen-bond donors (Lipinski definition) is 1. The van der Waals surface area contributed by atoms with E-state index in [1.807, 2.05) is 0 Å². The van der Waals surface area contributed by atoms with Crippen molar-refractivity contribution in [2.75, 3.05) is 11.5 Å². The molecule has 3 nitrogen and oxygen atoms in total. The first-order chi connectivity index (χ1) is 8.70. The van der Waals surface area contributed by atoms with Gasteiger partial charge in [-0.05, 0) is 30.4 Å². The average Bonchev–Trinajstić information content (AvgIpc) is 2.73. The topological polar surface area (TPSA) is 49.9 Å². The van der Waals surface area contributed by atoms with Crippen LogP contribution in [0.2, 0.25) is 0 Å². The minimum atomic E-state index is -0.0769. The summed E-state index contributed by atoms with van der Waals surface area (Å²) in [5, 5.41) is 0. The molecule has 0 aliphatic heterocycles. The maximum Gasteiger partial charge on any atom is 0.305 e. The number of ketones is 1. The van der Waals surface area contributed by atoms with Crippen LogP contribution in [-0.4, -0.2) is 22.3 Å². The van der Waals surface area contributed by atoms with E-state index in [4.69, 9.17) is 0 Å². The van der Waals surface area contributed by atoms with Gasteiger partial charge in [-0.15, -0.1) is 0 Å². The van der Waals surface area contributed by atoms with Crippen molar-refractivity contribution < 1.29 is 4.79 Å². The molecular weight excluding hydrogens is 266 g/mol. The third-order valence-corrected chi connectivity index (χ3v) is 4.51. The Kier molecular flexibility index (Phi) is 4.60. The Morgan fingerprint density at radius 2 is 2.28 bits per heavy atom. The number of aromatic amines is 1. The fourth-order valence-corrected chi connectivity index (χ4v) is 3.38. The summed E-state index contributed by atoms with van der Waals surface area (Å²) in [6.45, 7) is 2.14. The van der Waals surface area contributed by atoms with Crippen molar-refractivity contribution in [3.8, 4) is 0 Å². The van der Waals surface area contributed by atoms with Crippen LogP contribution in [0, 0.1) is 0 Å². The van der Waals surface area contributed by atoms with Gasteiger partial charge in [-0.1, -0.05) is 24.7 Å². The van der Waals surface area contributed by atoms with E-state index < -0.39 is 0 Å². The van der Waals surface area contributed by atoms with Gasteiger partial charge in [0, 0.05) is 5.56 Å². The number of thiazole rings is 1. The molecular formula is C13H15NO2S2. The number of nitrogens with one attached hydrogen (secondary N) is 1. The maximum absolute atomic E-state index is 12.0. The number of hydrogen-bond acceptors (Lipinski definition) is 4. The first kappa shape index (κ1) is 13.4. The third kappa shape index (κ3) is 3.23. The van der Waals surface area contributed by atoms with Gasteiger partial charge in [0.25, 0.3) is 0 Å². The summed E-state index contributed by atoms with van der Waals surface area (Å²) in [5.41, 5.74) is 1.50. The molecule has 0 radical (unpaired) electrons. The van der Waals surface area contributed by atoms with Crippen LogP contribution in [0.15, 0.2) is 23.0 Å². The molecule has 1 aromatic carbocycles. The lowest BCUT2D eigenvalue weighted by molar-refractivity contribution is 0.102. The normalized spacial score (nSPS) is 10.9. The summed E-state index contributed by atoms with van der Waals surface area (Å²) in [7, 11) is 0. The second-order valence-corrected chi connectivity index (χ2v) is 6.17. The van der Waals surface area contributed by atoms with E-state index in [-0.39, 0.29) is 10.7 Å². The quantitative estimate of drug-likeness (QED) is 0.653. The number of Topliss-reactive ketones (excluding diaryl/α,β-unsaturated/α-hetero) is 1. The molecule has 0 aliphatic rings. The number of carbonyl (C=O) groups is 1. The molecule has 5 heteroatoms. The minimum absolute atomic E-state index is 0.0769. The minimum Gasteiger partial charge on any atom is -0.312 e. The van der Waals surface area contributed by atoms with E-state index in [0.29, 0.717) is 11.3 Å². The van der Waals surface area contributed by atoms with Crippen molar-refractivity contribution in [3.63, 3.8) is 0 Å². The van der Waals surface area contributed by atoms with Gasteiger partial charge >= 0.3 is 4.87 Å². The van der Waals surface area contributed by atoms with Gasteiger partial charge in [-0.25, -0.2) is 0 Å². The zero-order chi connectivity index (χ0) is 13.0. The van der Waals surface area contributed by atoms with Crippen LogP contribution in [-0.2, 0) is 0 Å². The van der Waals surface area contributed by atoms with E-state index in [0.717, 1.165) is 40.1 Å². The number of aromatic nitrogens is 1. The second-order valence-electron chi connectivity index (χ2n) is 4.05. The molecule has 0 spiro atoms. The largest absolute Gasteiger partial charge is 0.312 e. The fraction of sp³-hybridized carbons (Fsp3) is 0.385. The fourth-order valence-electron chi connectivity index (χ4n) is 1.61. The molecule has 1 aromatic heterocycles. The van der Waals surface area contributed by atoms with E-state index in [1.54, 1.807) is 30.0 Å². The molecule has 0 saturated carbocycles. The smallest absolute Gasteiger partial charge is 0.305 e. The Labute approximate surface area is 114 Å². The molecule has 0 amide bonds. The molecule has 0 bridgehead atoms. The monoisotopic (exact) mass is 281 g/mol. The Morgan fingerprint density at radius 1 is 1.44 bits per heavy atom. The predicted octanol–water partition coefficient (Wildman–Crippen LogP) is 3.31. The third-order valence-electron chi connectivity index (χ3n) is 2.62. The lowest BCUT2D eigenvalue weighted by Gasteiger charge is -2.01. The molecule has 1 N–H and O–H groups in total. The van der Waals surface area contributed by atoms with Crippen molar-refractivity contribution in [2.24, 2.45) is 0 Å². The molecule has 2 rings (SSSR count). The van der Waals surface area contributed by atoms with Crippen LogP contribution in [0.5, 0.6) is 0 Å². The number of fused-ring (bicyclic) bond motifs is 1. The highest BCUT2D eigenvalue weighted by atomic mass is 32.2. The first-order valence-corrected chi connectivity index (χ1v) is 7.91. The average molecular weight is 281 g/mol. The van der Waals surface area contributed by atoms with Gasteiger partial charge in [0.05, 0.1) is 16.0 Å². The molecule has 0 unspecified atom stereocenters. The highest BCUT2D eigenvalue weighted by Gasteiger charge is 2.08. The van der Waals surface area contributed by atoms with E-state index in [1.165, 1.54) is 0 Å². The zero-order valence-corrected chi connectivity index (χ0v) is 11.8.